The number of benzene rings is 1. The lowest BCUT2D eigenvalue weighted by molar-refractivity contribution is -0.116. The van der Waals surface area contributed by atoms with Crippen molar-refractivity contribution in [1.29, 1.82) is 0 Å². The molecule has 1 N–H and O–H groups in total. The standard InChI is InChI=1S/C21H24N6O3/c1-13-8-14(2)18(15(3)9-13)24-17(28)11-27-12-23-19-16(20(27)29)10-22-21(25-19)26-4-6-30-7-5-26/h8-10,12H,4-7,11H2,1-3H3,(H,24,28). The van der Waals surface area contributed by atoms with Crippen molar-refractivity contribution in [3.8, 4) is 0 Å². The maximum absolute atomic E-state index is 12.8. The number of carbonyl (C=O) groups is 1. The molecule has 0 radical (unpaired) electrons. The van der Waals surface area contributed by atoms with Crippen molar-refractivity contribution in [1.82, 2.24) is 19.5 Å². The molecule has 0 saturated carbocycles. The molecule has 0 aliphatic carbocycles. The fourth-order valence-corrected chi connectivity index (χ4v) is 3.68. The number of hydrogen-bond donors (Lipinski definition) is 1. The van der Waals surface area contributed by atoms with Gasteiger partial charge in [-0.2, -0.15) is 4.98 Å². The maximum Gasteiger partial charge on any atom is 0.264 e. The van der Waals surface area contributed by atoms with Gasteiger partial charge in [0.25, 0.3) is 5.56 Å². The normalized spacial score (nSPS) is 14.2. The van der Waals surface area contributed by atoms with Gasteiger partial charge in [0.15, 0.2) is 5.65 Å². The van der Waals surface area contributed by atoms with E-state index in [1.54, 1.807) is 0 Å². The van der Waals surface area contributed by atoms with E-state index in [0.29, 0.717) is 37.9 Å². The third-order valence-electron chi connectivity index (χ3n) is 5.12. The molecule has 0 bridgehead atoms. The van der Waals surface area contributed by atoms with Crippen LogP contribution in [-0.4, -0.2) is 51.7 Å². The molecule has 9 nitrogen and oxygen atoms in total. The van der Waals surface area contributed by atoms with Crippen LogP contribution >= 0.6 is 0 Å². The number of aryl methyl sites for hydroxylation is 3. The van der Waals surface area contributed by atoms with Crippen molar-refractivity contribution in [3.63, 3.8) is 0 Å². The van der Waals surface area contributed by atoms with E-state index in [2.05, 4.69) is 20.3 Å². The van der Waals surface area contributed by atoms with Crippen LogP contribution in [0.2, 0.25) is 0 Å². The Balaban J connectivity index is 1.55. The van der Waals surface area contributed by atoms with Crippen LogP contribution in [0.15, 0.2) is 29.5 Å². The van der Waals surface area contributed by atoms with E-state index in [-0.39, 0.29) is 23.4 Å². The summed E-state index contributed by atoms with van der Waals surface area (Å²) in [5.41, 5.74) is 3.84. The van der Waals surface area contributed by atoms with E-state index < -0.39 is 0 Å². The first-order valence-electron chi connectivity index (χ1n) is 9.85. The highest BCUT2D eigenvalue weighted by molar-refractivity contribution is 5.92. The van der Waals surface area contributed by atoms with Crippen molar-refractivity contribution < 1.29 is 9.53 Å². The van der Waals surface area contributed by atoms with Gasteiger partial charge in [-0.1, -0.05) is 17.7 Å². The van der Waals surface area contributed by atoms with Gasteiger partial charge in [0.05, 0.1) is 13.2 Å². The lowest BCUT2D eigenvalue weighted by Crippen LogP contribution is -2.37. The minimum atomic E-state index is -0.346. The number of fused-ring (bicyclic) bond motifs is 1. The summed E-state index contributed by atoms with van der Waals surface area (Å²) in [6, 6.07) is 4.02. The second kappa shape index (κ2) is 8.19. The molecule has 0 atom stereocenters. The number of anilines is 2. The topological polar surface area (TPSA) is 102 Å². The first-order chi connectivity index (χ1) is 14.4. The second-order valence-corrected chi connectivity index (χ2v) is 7.51. The summed E-state index contributed by atoms with van der Waals surface area (Å²) in [6.07, 6.45) is 2.83. The Labute approximate surface area is 173 Å². The lowest BCUT2D eigenvalue weighted by atomic mass is 10.1. The highest BCUT2D eigenvalue weighted by Crippen LogP contribution is 2.22. The van der Waals surface area contributed by atoms with Gasteiger partial charge in [-0.25, -0.2) is 9.97 Å². The number of hydrogen-bond acceptors (Lipinski definition) is 7. The van der Waals surface area contributed by atoms with Crippen LogP contribution in [0.25, 0.3) is 11.0 Å². The summed E-state index contributed by atoms with van der Waals surface area (Å²) in [6.45, 7) is 8.39. The molecule has 1 aliphatic heterocycles. The molecule has 1 aliphatic rings. The quantitative estimate of drug-likeness (QED) is 0.699. The average Bonchev–Trinajstić information content (AvgIpc) is 2.73. The zero-order valence-corrected chi connectivity index (χ0v) is 17.3. The number of aromatic nitrogens is 4. The first-order valence-corrected chi connectivity index (χ1v) is 9.85. The monoisotopic (exact) mass is 408 g/mol. The van der Waals surface area contributed by atoms with E-state index in [1.807, 2.05) is 37.8 Å². The molecule has 3 aromatic rings. The Kier molecular flexibility index (Phi) is 5.45. The van der Waals surface area contributed by atoms with E-state index in [4.69, 9.17) is 4.74 Å². The number of carbonyl (C=O) groups excluding carboxylic acids is 1. The van der Waals surface area contributed by atoms with Crippen LogP contribution in [0.1, 0.15) is 16.7 Å². The summed E-state index contributed by atoms with van der Waals surface area (Å²) < 4.78 is 6.61. The largest absolute Gasteiger partial charge is 0.378 e. The van der Waals surface area contributed by atoms with Crippen LogP contribution in [0.5, 0.6) is 0 Å². The van der Waals surface area contributed by atoms with Crippen LogP contribution in [0, 0.1) is 20.8 Å². The molecule has 156 valence electrons. The number of amides is 1. The molecule has 2 aromatic heterocycles. The van der Waals surface area contributed by atoms with E-state index in [0.717, 1.165) is 22.4 Å². The third-order valence-corrected chi connectivity index (χ3v) is 5.12. The van der Waals surface area contributed by atoms with Gasteiger partial charge < -0.3 is 15.0 Å². The third kappa shape index (κ3) is 4.02. The predicted molar refractivity (Wildman–Crippen MR) is 114 cm³/mol. The molecule has 1 amide bonds. The van der Waals surface area contributed by atoms with E-state index in [1.165, 1.54) is 17.1 Å². The van der Waals surface area contributed by atoms with E-state index >= 15 is 0 Å². The highest BCUT2D eigenvalue weighted by Gasteiger charge is 2.16. The molecule has 0 spiro atoms. The van der Waals surface area contributed by atoms with Crippen molar-refractivity contribution in [2.45, 2.75) is 27.3 Å². The molecular formula is C21H24N6O3. The van der Waals surface area contributed by atoms with E-state index in [9.17, 15) is 9.59 Å². The van der Waals surface area contributed by atoms with Crippen molar-refractivity contribution in [2.75, 3.05) is 36.5 Å². The van der Waals surface area contributed by atoms with Crippen LogP contribution < -0.4 is 15.8 Å². The smallest absolute Gasteiger partial charge is 0.264 e. The average molecular weight is 408 g/mol. The Morgan fingerprint density at radius 3 is 2.53 bits per heavy atom. The number of nitrogens with one attached hydrogen (secondary N) is 1. The number of morpholine rings is 1. The Hall–Kier alpha value is -3.33. The van der Waals surface area contributed by atoms with Gasteiger partial charge in [0, 0.05) is 25.0 Å². The molecule has 30 heavy (non-hydrogen) atoms. The van der Waals surface area contributed by atoms with Gasteiger partial charge in [-0.15, -0.1) is 0 Å². The molecule has 3 heterocycles. The number of ether oxygens (including phenoxy) is 1. The molecule has 9 heteroatoms. The summed E-state index contributed by atoms with van der Waals surface area (Å²) in [4.78, 5) is 40.4. The molecule has 4 rings (SSSR count). The Morgan fingerprint density at radius 1 is 1.13 bits per heavy atom. The van der Waals surface area contributed by atoms with Crippen LogP contribution in [0.3, 0.4) is 0 Å². The molecule has 1 saturated heterocycles. The van der Waals surface area contributed by atoms with Gasteiger partial charge >= 0.3 is 0 Å². The number of nitrogens with zero attached hydrogens (tertiary/aromatic N) is 5. The fourth-order valence-electron chi connectivity index (χ4n) is 3.68. The minimum absolute atomic E-state index is 0.139. The summed E-state index contributed by atoms with van der Waals surface area (Å²) in [5, 5.41) is 3.19. The SMILES string of the molecule is Cc1cc(C)c(NC(=O)Cn2cnc3nc(N4CCOCC4)ncc3c2=O)c(C)c1. The summed E-state index contributed by atoms with van der Waals surface area (Å²) in [5.74, 6) is 0.234. The molecule has 1 fully saturated rings. The van der Waals surface area contributed by atoms with Crippen LogP contribution in [0.4, 0.5) is 11.6 Å². The summed E-state index contributed by atoms with van der Waals surface area (Å²) >= 11 is 0. The van der Waals surface area contributed by atoms with Crippen LogP contribution in [-0.2, 0) is 16.1 Å². The van der Waals surface area contributed by atoms with Gasteiger partial charge in [0.1, 0.15) is 18.3 Å². The van der Waals surface area contributed by atoms with Crippen molar-refractivity contribution in [2.24, 2.45) is 0 Å². The maximum atomic E-state index is 12.8. The predicted octanol–water partition coefficient (Wildman–Crippen LogP) is 1.59. The van der Waals surface area contributed by atoms with Gasteiger partial charge in [-0.3, -0.25) is 14.2 Å². The van der Waals surface area contributed by atoms with Gasteiger partial charge in [0.2, 0.25) is 11.9 Å². The zero-order valence-electron chi connectivity index (χ0n) is 17.3. The van der Waals surface area contributed by atoms with Gasteiger partial charge in [-0.05, 0) is 31.9 Å². The molecule has 1 aromatic carbocycles. The fraction of sp³-hybridized carbons (Fsp3) is 0.381. The summed E-state index contributed by atoms with van der Waals surface area (Å²) in [7, 11) is 0. The van der Waals surface area contributed by atoms with Crippen molar-refractivity contribution in [3.05, 3.63) is 51.7 Å². The number of rotatable bonds is 4. The Morgan fingerprint density at radius 2 is 1.83 bits per heavy atom. The highest BCUT2D eigenvalue weighted by atomic mass is 16.5. The second-order valence-electron chi connectivity index (χ2n) is 7.51. The van der Waals surface area contributed by atoms with Crippen molar-refractivity contribution >= 4 is 28.6 Å². The molecule has 0 unspecified atom stereocenters. The minimum Gasteiger partial charge on any atom is -0.378 e. The molecular weight excluding hydrogens is 384 g/mol. The Bertz CT molecular complexity index is 1140. The lowest BCUT2D eigenvalue weighted by Gasteiger charge is -2.26. The zero-order chi connectivity index (χ0) is 21.3. The first kappa shape index (κ1) is 20.0.